The third-order valence-corrected chi connectivity index (χ3v) is 8.14. The molecule has 0 unspecified atom stereocenters. The van der Waals surface area contributed by atoms with Crippen LogP contribution in [0.25, 0.3) is 11.1 Å². The Morgan fingerprint density at radius 3 is 2.37 bits per heavy atom. The van der Waals surface area contributed by atoms with Crippen molar-refractivity contribution in [1.82, 2.24) is 9.97 Å². The molecule has 6 rings (SSSR count). The number of nitrogens with zero attached hydrogens (tertiary/aromatic N) is 2. The molecule has 5 heteroatoms. The highest BCUT2D eigenvalue weighted by molar-refractivity contribution is 7.13. The highest BCUT2D eigenvalue weighted by atomic mass is 32.1. The van der Waals surface area contributed by atoms with Gasteiger partial charge in [0.25, 0.3) is 0 Å². The lowest BCUT2D eigenvalue weighted by Crippen LogP contribution is -2.37. The van der Waals surface area contributed by atoms with Crippen molar-refractivity contribution in [1.29, 1.82) is 0 Å². The number of aromatic nitrogens is 2. The minimum absolute atomic E-state index is 0. The molecule has 190 valence electrons. The van der Waals surface area contributed by atoms with Gasteiger partial charge in [-0.25, -0.2) is 4.98 Å². The summed E-state index contributed by atoms with van der Waals surface area (Å²) in [4.78, 5) is 22.6. The standard InChI is InChI=1S/C32H27N3OS.CH4/c1-32(20-26-9-5-6-10-28(26)29(32)25-7-3-2-4-8-25)30(36)35-31-34-27(21-37-31)19-22-11-13-23(14-12-22)24-15-17-33-18-16-24;/h2-18,21,29H,19-20H2,1H3,(H,34,35,36);1H4/t29-,32+;/m0./s1. The average Bonchev–Trinajstić information content (AvgIpc) is 3.51. The lowest BCUT2D eigenvalue weighted by molar-refractivity contribution is -0.125. The van der Waals surface area contributed by atoms with E-state index in [2.05, 4.69) is 77.9 Å². The van der Waals surface area contributed by atoms with Gasteiger partial charge in [-0.2, -0.15) is 0 Å². The minimum Gasteiger partial charge on any atom is -0.301 e. The molecule has 1 aliphatic rings. The number of hydrogen-bond acceptors (Lipinski definition) is 4. The first-order valence-corrected chi connectivity index (χ1v) is 13.4. The topological polar surface area (TPSA) is 54.9 Å². The number of carbonyl (C=O) groups is 1. The van der Waals surface area contributed by atoms with E-state index in [0.717, 1.165) is 23.2 Å². The molecule has 38 heavy (non-hydrogen) atoms. The van der Waals surface area contributed by atoms with Gasteiger partial charge in [0, 0.05) is 30.1 Å². The Morgan fingerprint density at radius 2 is 1.61 bits per heavy atom. The van der Waals surface area contributed by atoms with E-state index in [1.54, 1.807) is 12.4 Å². The third kappa shape index (κ3) is 4.90. The summed E-state index contributed by atoms with van der Waals surface area (Å²) in [5.74, 6) is 0.0170. The van der Waals surface area contributed by atoms with Crippen LogP contribution in [0.1, 0.15) is 48.2 Å². The van der Waals surface area contributed by atoms with Crippen molar-refractivity contribution in [2.24, 2.45) is 5.41 Å². The van der Waals surface area contributed by atoms with Crippen LogP contribution in [0.3, 0.4) is 0 Å². The van der Waals surface area contributed by atoms with E-state index in [9.17, 15) is 4.79 Å². The van der Waals surface area contributed by atoms with Crippen molar-refractivity contribution in [2.75, 3.05) is 5.32 Å². The fourth-order valence-corrected chi connectivity index (χ4v) is 6.18. The second kappa shape index (κ2) is 10.7. The third-order valence-electron chi connectivity index (χ3n) is 7.34. The van der Waals surface area contributed by atoms with E-state index in [0.29, 0.717) is 11.6 Å². The van der Waals surface area contributed by atoms with Gasteiger partial charge >= 0.3 is 0 Å². The Labute approximate surface area is 228 Å². The number of anilines is 1. The molecule has 0 fully saturated rings. The molecule has 5 aromatic rings. The Bertz CT molecular complexity index is 1530. The monoisotopic (exact) mass is 517 g/mol. The molecule has 0 spiro atoms. The molecular weight excluding hydrogens is 486 g/mol. The van der Waals surface area contributed by atoms with Crippen molar-refractivity contribution in [3.05, 3.63) is 137 Å². The van der Waals surface area contributed by atoms with Crippen LogP contribution in [-0.4, -0.2) is 15.9 Å². The molecule has 3 aromatic carbocycles. The van der Waals surface area contributed by atoms with E-state index in [4.69, 9.17) is 4.98 Å². The van der Waals surface area contributed by atoms with Crippen molar-refractivity contribution < 1.29 is 4.79 Å². The second-order valence-electron chi connectivity index (χ2n) is 9.84. The van der Waals surface area contributed by atoms with Crippen molar-refractivity contribution in [3.8, 4) is 11.1 Å². The first-order chi connectivity index (χ1) is 18.1. The predicted octanol–water partition coefficient (Wildman–Crippen LogP) is 7.77. The number of amides is 1. The minimum atomic E-state index is -0.598. The van der Waals surface area contributed by atoms with Gasteiger partial charge in [0.05, 0.1) is 11.1 Å². The molecule has 0 radical (unpaired) electrons. The Balaban J connectivity index is 0.00000294. The van der Waals surface area contributed by atoms with Gasteiger partial charge in [-0.15, -0.1) is 11.3 Å². The predicted molar refractivity (Wildman–Crippen MR) is 156 cm³/mol. The summed E-state index contributed by atoms with van der Waals surface area (Å²) in [7, 11) is 0. The van der Waals surface area contributed by atoms with Gasteiger partial charge in [0.1, 0.15) is 0 Å². The van der Waals surface area contributed by atoms with E-state index in [1.807, 2.05) is 35.7 Å². The smallest absolute Gasteiger partial charge is 0.233 e. The van der Waals surface area contributed by atoms with E-state index in [-0.39, 0.29) is 19.3 Å². The summed E-state index contributed by atoms with van der Waals surface area (Å²) < 4.78 is 0. The van der Waals surface area contributed by atoms with E-state index >= 15 is 0 Å². The van der Waals surface area contributed by atoms with Crippen LogP contribution in [0, 0.1) is 5.41 Å². The molecule has 0 saturated heterocycles. The summed E-state index contributed by atoms with van der Waals surface area (Å²) in [5, 5.41) is 5.84. The summed E-state index contributed by atoms with van der Waals surface area (Å²) >= 11 is 1.49. The number of benzene rings is 3. The molecule has 1 N–H and O–H groups in total. The normalized spacial score (nSPS) is 17.9. The van der Waals surface area contributed by atoms with Gasteiger partial charge in [-0.05, 0) is 58.9 Å². The average molecular weight is 518 g/mol. The van der Waals surface area contributed by atoms with Gasteiger partial charge in [0.2, 0.25) is 5.91 Å². The molecule has 2 atom stereocenters. The number of pyridine rings is 1. The molecular formula is C33H31N3OS. The molecule has 4 nitrogen and oxygen atoms in total. The Kier molecular flexibility index (Phi) is 7.21. The van der Waals surface area contributed by atoms with Crippen LogP contribution in [0.15, 0.2) is 109 Å². The van der Waals surface area contributed by atoms with Crippen LogP contribution < -0.4 is 5.32 Å². The zero-order valence-corrected chi connectivity index (χ0v) is 21.4. The summed E-state index contributed by atoms with van der Waals surface area (Å²) in [5.41, 5.74) is 7.50. The fraction of sp³-hybridized carbons (Fsp3) is 0.182. The Hall–Kier alpha value is -4.09. The number of carbonyl (C=O) groups excluding carboxylic acids is 1. The van der Waals surface area contributed by atoms with Crippen LogP contribution in [-0.2, 0) is 17.6 Å². The SMILES string of the molecule is C.C[C@@]1(C(=O)Nc2nc(Cc3ccc(-c4ccncc4)cc3)cs2)Cc2ccccc2[C@@H]1c1ccccc1. The van der Waals surface area contributed by atoms with Crippen molar-refractivity contribution in [2.45, 2.75) is 33.1 Å². The van der Waals surface area contributed by atoms with E-state index < -0.39 is 5.41 Å². The summed E-state index contributed by atoms with van der Waals surface area (Å²) in [6.45, 7) is 2.08. The summed E-state index contributed by atoms with van der Waals surface area (Å²) in [6, 6.07) is 31.3. The molecule has 2 aromatic heterocycles. The highest BCUT2D eigenvalue weighted by Gasteiger charge is 2.48. The second-order valence-corrected chi connectivity index (χ2v) is 10.7. The van der Waals surface area contributed by atoms with Crippen molar-refractivity contribution >= 4 is 22.4 Å². The fourth-order valence-electron chi connectivity index (χ4n) is 5.48. The maximum Gasteiger partial charge on any atom is 0.233 e. The number of fused-ring (bicyclic) bond motifs is 1. The first kappa shape index (κ1) is 25.6. The molecule has 0 bridgehead atoms. The highest BCUT2D eigenvalue weighted by Crippen LogP contribution is 2.51. The quantitative estimate of drug-likeness (QED) is 0.250. The number of nitrogens with one attached hydrogen (secondary N) is 1. The van der Waals surface area contributed by atoms with Crippen LogP contribution in [0.2, 0.25) is 0 Å². The molecule has 1 amide bonds. The lowest BCUT2D eigenvalue weighted by atomic mass is 9.73. The summed E-state index contributed by atoms with van der Waals surface area (Å²) in [6.07, 6.45) is 5.04. The van der Waals surface area contributed by atoms with E-state index in [1.165, 1.54) is 33.6 Å². The maximum absolute atomic E-state index is 13.8. The number of rotatable bonds is 6. The van der Waals surface area contributed by atoms with Gasteiger partial charge in [0.15, 0.2) is 5.13 Å². The number of thiazole rings is 1. The molecule has 1 aliphatic carbocycles. The largest absolute Gasteiger partial charge is 0.301 e. The first-order valence-electron chi connectivity index (χ1n) is 12.5. The van der Waals surface area contributed by atoms with Gasteiger partial charge in [-0.3, -0.25) is 9.78 Å². The van der Waals surface area contributed by atoms with Crippen molar-refractivity contribution in [3.63, 3.8) is 0 Å². The Morgan fingerprint density at radius 1 is 0.921 bits per heavy atom. The molecule has 0 saturated carbocycles. The molecule has 0 aliphatic heterocycles. The maximum atomic E-state index is 13.8. The number of hydrogen-bond donors (Lipinski definition) is 1. The van der Waals surface area contributed by atoms with Gasteiger partial charge in [-0.1, -0.05) is 86.3 Å². The van der Waals surface area contributed by atoms with Crippen LogP contribution >= 0.6 is 11.3 Å². The van der Waals surface area contributed by atoms with Crippen LogP contribution in [0.5, 0.6) is 0 Å². The van der Waals surface area contributed by atoms with Crippen LogP contribution in [0.4, 0.5) is 5.13 Å². The molecule has 2 heterocycles. The lowest BCUT2D eigenvalue weighted by Gasteiger charge is -2.30. The zero-order valence-electron chi connectivity index (χ0n) is 20.6. The zero-order chi connectivity index (χ0) is 25.2. The van der Waals surface area contributed by atoms with Gasteiger partial charge < -0.3 is 5.32 Å².